The van der Waals surface area contributed by atoms with Gasteiger partial charge in [0, 0.05) is 0 Å². The summed E-state index contributed by atoms with van der Waals surface area (Å²) in [6, 6.07) is 2.68. The quantitative estimate of drug-likeness (QED) is 0.852. The molecule has 86 valence electrons. The lowest BCUT2D eigenvalue weighted by atomic mass is 10.2. The molecular formula is C10H9ClFNO3. The van der Waals surface area contributed by atoms with Gasteiger partial charge in [0.2, 0.25) is 0 Å². The molecule has 1 atom stereocenters. The first kappa shape index (κ1) is 12.4. The summed E-state index contributed by atoms with van der Waals surface area (Å²) in [5.41, 5.74) is -0.350. The standard InChI is InChI=1S/C10H9ClFNO3/c1-5(10(15)16)13-9(14)8-6(11)3-2-4-7(8)12/h2-5H,1H3,(H,13,14)(H,15,16). The Kier molecular flexibility index (Phi) is 3.84. The molecule has 0 heterocycles. The zero-order chi connectivity index (χ0) is 12.3. The fourth-order valence-corrected chi connectivity index (χ4v) is 1.29. The van der Waals surface area contributed by atoms with Gasteiger partial charge in [0.1, 0.15) is 11.9 Å². The summed E-state index contributed by atoms with van der Waals surface area (Å²) in [5, 5.41) is 10.6. The molecule has 0 aliphatic heterocycles. The van der Waals surface area contributed by atoms with Gasteiger partial charge < -0.3 is 10.4 Å². The van der Waals surface area contributed by atoms with Crippen molar-refractivity contribution in [2.45, 2.75) is 13.0 Å². The zero-order valence-electron chi connectivity index (χ0n) is 8.33. The van der Waals surface area contributed by atoms with Gasteiger partial charge in [-0.25, -0.2) is 4.39 Å². The number of aliphatic carboxylic acids is 1. The second-order valence-corrected chi connectivity index (χ2v) is 3.54. The van der Waals surface area contributed by atoms with Crippen molar-refractivity contribution >= 4 is 23.5 Å². The number of hydrogen-bond acceptors (Lipinski definition) is 2. The van der Waals surface area contributed by atoms with E-state index in [0.29, 0.717) is 0 Å². The first-order valence-corrected chi connectivity index (χ1v) is 4.79. The molecule has 1 amide bonds. The topological polar surface area (TPSA) is 66.4 Å². The minimum Gasteiger partial charge on any atom is -0.480 e. The van der Waals surface area contributed by atoms with E-state index in [4.69, 9.17) is 16.7 Å². The van der Waals surface area contributed by atoms with Crippen molar-refractivity contribution in [3.63, 3.8) is 0 Å². The predicted molar refractivity (Wildman–Crippen MR) is 56.0 cm³/mol. The normalized spacial score (nSPS) is 11.9. The van der Waals surface area contributed by atoms with Gasteiger partial charge in [0.15, 0.2) is 0 Å². The highest BCUT2D eigenvalue weighted by Crippen LogP contribution is 2.18. The summed E-state index contributed by atoms with van der Waals surface area (Å²) in [6.07, 6.45) is 0. The van der Waals surface area contributed by atoms with Gasteiger partial charge in [-0.15, -0.1) is 0 Å². The number of nitrogens with one attached hydrogen (secondary N) is 1. The van der Waals surface area contributed by atoms with Gasteiger partial charge in [-0.3, -0.25) is 9.59 Å². The summed E-state index contributed by atoms with van der Waals surface area (Å²) in [5.74, 6) is -2.85. The van der Waals surface area contributed by atoms with Crippen LogP contribution in [0.25, 0.3) is 0 Å². The molecule has 0 bridgehead atoms. The largest absolute Gasteiger partial charge is 0.480 e. The third-order valence-electron chi connectivity index (χ3n) is 1.91. The number of halogens is 2. The monoisotopic (exact) mass is 245 g/mol. The molecular weight excluding hydrogens is 237 g/mol. The number of carboxylic acids is 1. The Morgan fingerprint density at radius 2 is 2.12 bits per heavy atom. The SMILES string of the molecule is CC(NC(=O)c1c(F)cccc1Cl)C(=O)O. The van der Waals surface area contributed by atoms with Gasteiger partial charge in [0.25, 0.3) is 5.91 Å². The highest BCUT2D eigenvalue weighted by molar-refractivity contribution is 6.33. The molecule has 1 rings (SSSR count). The Balaban J connectivity index is 2.93. The number of carbonyl (C=O) groups is 2. The summed E-state index contributed by atoms with van der Waals surface area (Å²) in [4.78, 5) is 22.0. The molecule has 1 aromatic carbocycles. The van der Waals surface area contributed by atoms with Gasteiger partial charge in [-0.1, -0.05) is 17.7 Å². The molecule has 0 aliphatic rings. The van der Waals surface area contributed by atoms with Crippen molar-refractivity contribution < 1.29 is 19.1 Å². The molecule has 0 saturated carbocycles. The molecule has 1 unspecified atom stereocenters. The number of hydrogen-bond donors (Lipinski definition) is 2. The Hall–Kier alpha value is -1.62. The van der Waals surface area contributed by atoms with Crippen LogP contribution in [0.4, 0.5) is 4.39 Å². The van der Waals surface area contributed by atoms with Crippen molar-refractivity contribution in [1.82, 2.24) is 5.32 Å². The van der Waals surface area contributed by atoms with Crippen LogP contribution < -0.4 is 5.32 Å². The lowest BCUT2D eigenvalue weighted by molar-refractivity contribution is -0.138. The fourth-order valence-electron chi connectivity index (χ4n) is 1.05. The fraction of sp³-hybridized carbons (Fsp3) is 0.200. The van der Waals surface area contributed by atoms with Crippen molar-refractivity contribution in [2.75, 3.05) is 0 Å². The average molecular weight is 246 g/mol. The molecule has 0 saturated heterocycles. The maximum Gasteiger partial charge on any atom is 0.325 e. The number of amides is 1. The van der Waals surface area contributed by atoms with E-state index in [2.05, 4.69) is 5.32 Å². The van der Waals surface area contributed by atoms with Crippen LogP contribution >= 0.6 is 11.6 Å². The number of rotatable bonds is 3. The number of carboxylic acid groups (broad SMARTS) is 1. The highest BCUT2D eigenvalue weighted by Gasteiger charge is 2.20. The molecule has 0 radical (unpaired) electrons. The van der Waals surface area contributed by atoms with Crippen LogP contribution in [0.3, 0.4) is 0 Å². The minimum absolute atomic E-state index is 0.0601. The third kappa shape index (κ3) is 2.70. The molecule has 0 spiro atoms. The molecule has 16 heavy (non-hydrogen) atoms. The van der Waals surface area contributed by atoms with E-state index < -0.39 is 23.7 Å². The second kappa shape index (κ2) is 4.94. The minimum atomic E-state index is -1.21. The Morgan fingerprint density at radius 1 is 1.50 bits per heavy atom. The van der Waals surface area contributed by atoms with E-state index in [0.717, 1.165) is 6.07 Å². The molecule has 2 N–H and O–H groups in total. The Morgan fingerprint density at radius 3 is 2.62 bits per heavy atom. The van der Waals surface area contributed by atoms with E-state index in [1.165, 1.54) is 19.1 Å². The molecule has 0 aliphatic carbocycles. The van der Waals surface area contributed by atoms with Crippen molar-refractivity contribution in [3.05, 3.63) is 34.6 Å². The van der Waals surface area contributed by atoms with Crippen LogP contribution in [0.5, 0.6) is 0 Å². The maximum atomic E-state index is 13.3. The molecule has 6 heteroatoms. The second-order valence-electron chi connectivity index (χ2n) is 3.13. The van der Waals surface area contributed by atoms with E-state index in [-0.39, 0.29) is 10.6 Å². The van der Waals surface area contributed by atoms with Crippen molar-refractivity contribution in [1.29, 1.82) is 0 Å². The van der Waals surface area contributed by atoms with Crippen LogP contribution in [-0.2, 0) is 4.79 Å². The van der Waals surface area contributed by atoms with Gasteiger partial charge in [-0.2, -0.15) is 0 Å². The first-order chi connectivity index (χ1) is 7.43. The number of carbonyl (C=O) groups excluding carboxylic acids is 1. The first-order valence-electron chi connectivity index (χ1n) is 4.41. The zero-order valence-corrected chi connectivity index (χ0v) is 9.08. The highest BCUT2D eigenvalue weighted by atomic mass is 35.5. The average Bonchev–Trinajstić information content (AvgIpc) is 2.16. The Bertz CT molecular complexity index is 416. The molecule has 0 aromatic heterocycles. The van der Waals surface area contributed by atoms with Gasteiger partial charge >= 0.3 is 5.97 Å². The van der Waals surface area contributed by atoms with E-state index >= 15 is 0 Å². The van der Waals surface area contributed by atoms with Gasteiger partial charge in [-0.05, 0) is 19.1 Å². The van der Waals surface area contributed by atoms with Crippen LogP contribution in [0.1, 0.15) is 17.3 Å². The van der Waals surface area contributed by atoms with Crippen molar-refractivity contribution in [3.8, 4) is 0 Å². The number of benzene rings is 1. The van der Waals surface area contributed by atoms with Crippen LogP contribution in [0.15, 0.2) is 18.2 Å². The maximum absolute atomic E-state index is 13.3. The van der Waals surface area contributed by atoms with Gasteiger partial charge in [0.05, 0.1) is 10.6 Å². The molecule has 4 nitrogen and oxygen atoms in total. The summed E-state index contributed by atoms with van der Waals surface area (Å²) < 4.78 is 13.3. The van der Waals surface area contributed by atoms with E-state index in [9.17, 15) is 14.0 Å². The summed E-state index contributed by atoms with van der Waals surface area (Å²) in [6.45, 7) is 1.27. The van der Waals surface area contributed by atoms with E-state index in [1.807, 2.05) is 0 Å². The summed E-state index contributed by atoms with van der Waals surface area (Å²) >= 11 is 5.64. The third-order valence-corrected chi connectivity index (χ3v) is 2.22. The van der Waals surface area contributed by atoms with Crippen molar-refractivity contribution in [2.24, 2.45) is 0 Å². The summed E-state index contributed by atoms with van der Waals surface area (Å²) in [7, 11) is 0. The van der Waals surface area contributed by atoms with Crippen LogP contribution in [0.2, 0.25) is 5.02 Å². The van der Waals surface area contributed by atoms with Crippen LogP contribution in [0, 0.1) is 5.82 Å². The smallest absolute Gasteiger partial charge is 0.325 e. The molecule has 1 aromatic rings. The Labute approximate surface area is 96.0 Å². The lowest BCUT2D eigenvalue weighted by Gasteiger charge is -2.10. The van der Waals surface area contributed by atoms with Crippen LogP contribution in [-0.4, -0.2) is 23.0 Å². The lowest BCUT2D eigenvalue weighted by Crippen LogP contribution is -2.38. The predicted octanol–water partition coefficient (Wildman–Crippen LogP) is 1.68. The van der Waals surface area contributed by atoms with E-state index in [1.54, 1.807) is 0 Å². The molecule has 0 fully saturated rings.